The first kappa shape index (κ1) is 22.8. The molecule has 2 aromatic heterocycles. The average molecular weight is 472 g/mol. The zero-order chi connectivity index (χ0) is 23.4. The van der Waals surface area contributed by atoms with Crippen molar-refractivity contribution < 1.29 is 14.3 Å². The highest BCUT2D eigenvalue weighted by Gasteiger charge is 2.27. The van der Waals surface area contributed by atoms with E-state index in [2.05, 4.69) is 25.3 Å². The monoisotopic (exact) mass is 471 g/mol. The summed E-state index contributed by atoms with van der Waals surface area (Å²) < 4.78 is 6.80. The minimum absolute atomic E-state index is 0.0936. The van der Waals surface area contributed by atoms with E-state index in [0.29, 0.717) is 55.8 Å². The third-order valence-corrected chi connectivity index (χ3v) is 5.95. The summed E-state index contributed by atoms with van der Waals surface area (Å²) in [5.41, 5.74) is 2.33. The molecule has 1 saturated heterocycles. The molecule has 10 nitrogen and oxygen atoms in total. The van der Waals surface area contributed by atoms with Gasteiger partial charge in [-0.15, -0.1) is 0 Å². The van der Waals surface area contributed by atoms with Crippen molar-refractivity contribution in [3.63, 3.8) is 0 Å². The highest BCUT2D eigenvalue weighted by Crippen LogP contribution is 2.25. The van der Waals surface area contributed by atoms with Crippen LogP contribution in [0.5, 0.6) is 0 Å². The van der Waals surface area contributed by atoms with E-state index in [1.165, 1.54) is 6.33 Å². The van der Waals surface area contributed by atoms with Gasteiger partial charge >= 0.3 is 12.0 Å². The summed E-state index contributed by atoms with van der Waals surface area (Å²) in [6.07, 6.45) is 1.54. The fraction of sp³-hybridized carbons (Fsp3) is 0.409. The molecule has 2 amide bonds. The van der Waals surface area contributed by atoms with E-state index < -0.39 is 0 Å². The fourth-order valence-corrected chi connectivity index (χ4v) is 4.10. The Kier molecular flexibility index (Phi) is 6.93. The number of urea groups is 1. The lowest BCUT2D eigenvalue weighted by molar-refractivity contribution is -0.142. The van der Waals surface area contributed by atoms with Crippen LogP contribution < -0.4 is 10.2 Å². The number of nitrogens with zero attached hydrogens (tertiary/aromatic N) is 6. The highest BCUT2D eigenvalue weighted by molar-refractivity contribution is 6.31. The van der Waals surface area contributed by atoms with E-state index >= 15 is 0 Å². The largest absolute Gasteiger partial charge is 0.466 e. The number of esters is 1. The molecular weight excluding hydrogens is 446 g/mol. The number of aromatic nitrogens is 4. The molecule has 0 atom stereocenters. The van der Waals surface area contributed by atoms with Crippen molar-refractivity contribution in [3.8, 4) is 0 Å². The van der Waals surface area contributed by atoms with Crippen LogP contribution in [0.1, 0.15) is 23.7 Å². The predicted octanol–water partition coefficient (Wildman–Crippen LogP) is 2.22. The maximum Gasteiger partial charge on any atom is 0.317 e. The summed E-state index contributed by atoms with van der Waals surface area (Å²) >= 11 is 6.18. The van der Waals surface area contributed by atoms with Gasteiger partial charge in [-0.2, -0.15) is 14.6 Å². The number of fused-ring (bicyclic) bond motifs is 1. The van der Waals surface area contributed by atoms with E-state index in [1.54, 1.807) is 22.4 Å². The molecule has 0 unspecified atom stereocenters. The first-order chi connectivity index (χ1) is 16.0. The van der Waals surface area contributed by atoms with Gasteiger partial charge in [0.1, 0.15) is 12.1 Å². The van der Waals surface area contributed by atoms with Gasteiger partial charge in [-0.1, -0.05) is 29.8 Å². The molecule has 4 rings (SSSR count). The minimum atomic E-state index is -0.319. The lowest BCUT2D eigenvalue weighted by Crippen LogP contribution is -2.52. The molecule has 0 bridgehead atoms. The number of anilines is 1. The average Bonchev–Trinajstić information content (AvgIpc) is 3.27. The number of amides is 2. The molecular formula is C22H26ClN7O3. The van der Waals surface area contributed by atoms with Gasteiger partial charge in [0.05, 0.1) is 13.0 Å². The molecule has 0 spiro atoms. The number of rotatable bonds is 6. The van der Waals surface area contributed by atoms with E-state index in [0.717, 1.165) is 16.9 Å². The van der Waals surface area contributed by atoms with Crippen molar-refractivity contribution in [3.05, 3.63) is 52.4 Å². The summed E-state index contributed by atoms with van der Waals surface area (Å²) in [5.74, 6) is 0.912. The zero-order valence-electron chi connectivity index (χ0n) is 18.6. The first-order valence-electron chi connectivity index (χ1n) is 10.8. The standard InChI is InChI=1S/C22H26ClN7O3/c1-3-33-19(31)12-17-15(2)27-21-25-14-26-30(21)20(17)28-8-10-29(11-9-28)22(32)24-13-16-6-4-5-7-18(16)23/h4-7,14H,3,8-13H2,1-2H3,(H,24,32). The lowest BCUT2D eigenvalue weighted by Gasteiger charge is -2.36. The van der Waals surface area contributed by atoms with E-state index in [4.69, 9.17) is 16.3 Å². The van der Waals surface area contributed by atoms with Gasteiger partial charge in [-0.25, -0.2) is 9.78 Å². The molecule has 3 aromatic rings. The zero-order valence-corrected chi connectivity index (χ0v) is 19.4. The molecule has 3 heterocycles. The molecule has 33 heavy (non-hydrogen) atoms. The highest BCUT2D eigenvalue weighted by atomic mass is 35.5. The predicted molar refractivity (Wildman–Crippen MR) is 123 cm³/mol. The quantitative estimate of drug-likeness (QED) is 0.549. The number of nitrogens with one attached hydrogen (secondary N) is 1. The second kappa shape index (κ2) is 10.0. The van der Waals surface area contributed by atoms with Crippen molar-refractivity contribution in [1.82, 2.24) is 29.8 Å². The summed E-state index contributed by atoms with van der Waals surface area (Å²) in [6, 6.07) is 7.30. The van der Waals surface area contributed by atoms with Gasteiger partial charge in [0.2, 0.25) is 0 Å². The number of aryl methyl sites for hydroxylation is 1. The summed E-state index contributed by atoms with van der Waals surface area (Å²) in [6.45, 7) is 6.50. The molecule has 1 aliphatic rings. The molecule has 0 saturated carbocycles. The van der Waals surface area contributed by atoms with Gasteiger partial charge in [0.15, 0.2) is 0 Å². The van der Waals surface area contributed by atoms with Crippen molar-refractivity contribution in [2.75, 3.05) is 37.7 Å². The van der Waals surface area contributed by atoms with Crippen LogP contribution in [0.15, 0.2) is 30.6 Å². The Morgan fingerprint density at radius 2 is 1.94 bits per heavy atom. The third kappa shape index (κ3) is 5.00. The van der Waals surface area contributed by atoms with Crippen LogP contribution in [0, 0.1) is 6.92 Å². The molecule has 0 radical (unpaired) electrons. The van der Waals surface area contributed by atoms with E-state index in [-0.39, 0.29) is 18.4 Å². The SMILES string of the molecule is CCOC(=O)Cc1c(C)nc2ncnn2c1N1CCN(C(=O)NCc2ccccc2Cl)CC1. The summed E-state index contributed by atoms with van der Waals surface area (Å²) in [7, 11) is 0. The number of halogens is 1. The van der Waals surface area contributed by atoms with Crippen LogP contribution in [0.3, 0.4) is 0 Å². The maximum atomic E-state index is 12.7. The number of benzene rings is 1. The first-order valence-corrected chi connectivity index (χ1v) is 11.2. The Morgan fingerprint density at radius 1 is 1.18 bits per heavy atom. The molecule has 1 aromatic carbocycles. The van der Waals surface area contributed by atoms with Crippen molar-refractivity contribution in [2.45, 2.75) is 26.8 Å². The third-order valence-electron chi connectivity index (χ3n) is 5.59. The second-order valence-electron chi connectivity index (χ2n) is 7.68. The molecule has 0 aliphatic carbocycles. The summed E-state index contributed by atoms with van der Waals surface area (Å²) in [4.78, 5) is 37.5. The van der Waals surface area contributed by atoms with E-state index in [9.17, 15) is 9.59 Å². The van der Waals surface area contributed by atoms with Gasteiger partial charge in [-0.05, 0) is 25.5 Å². The Balaban J connectivity index is 1.47. The number of hydrogen-bond donors (Lipinski definition) is 1. The Hall–Kier alpha value is -3.40. The van der Waals surface area contributed by atoms with Crippen LogP contribution in [0.4, 0.5) is 10.6 Å². The topological polar surface area (TPSA) is 105 Å². The second-order valence-corrected chi connectivity index (χ2v) is 8.08. The number of hydrogen-bond acceptors (Lipinski definition) is 7. The van der Waals surface area contributed by atoms with Crippen molar-refractivity contribution >= 4 is 35.2 Å². The molecule has 1 aliphatic heterocycles. The fourth-order valence-electron chi connectivity index (χ4n) is 3.90. The smallest absolute Gasteiger partial charge is 0.317 e. The molecule has 1 fully saturated rings. The van der Waals surface area contributed by atoms with Crippen LogP contribution in [0.25, 0.3) is 5.78 Å². The molecule has 11 heteroatoms. The Morgan fingerprint density at radius 3 is 2.67 bits per heavy atom. The minimum Gasteiger partial charge on any atom is -0.466 e. The van der Waals surface area contributed by atoms with Crippen molar-refractivity contribution in [2.24, 2.45) is 0 Å². The number of piperazine rings is 1. The van der Waals surface area contributed by atoms with Gasteiger partial charge in [-0.3, -0.25) is 4.79 Å². The number of carbonyl (C=O) groups excluding carboxylic acids is 2. The van der Waals surface area contributed by atoms with E-state index in [1.807, 2.05) is 25.1 Å². The lowest BCUT2D eigenvalue weighted by atomic mass is 10.1. The van der Waals surface area contributed by atoms with Gasteiger partial charge < -0.3 is 19.9 Å². The normalized spacial score (nSPS) is 13.9. The van der Waals surface area contributed by atoms with Crippen LogP contribution in [-0.2, 0) is 22.5 Å². The van der Waals surface area contributed by atoms with Crippen LogP contribution in [-0.4, -0.2) is 69.3 Å². The van der Waals surface area contributed by atoms with Gasteiger partial charge in [0, 0.05) is 49.0 Å². The Labute approximate surface area is 196 Å². The molecule has 174 valence electrons. The number of ether oxygens (including phenoxy) is 1. The summed E-state index contributed by atoms with van der Waals surface area (Å²) in [5, 5.41) is 7.88. The van der Waals surface area contributed by atoms with Crippen LogP contribution >= 0.6 is 11.6 Å². The number of carbonyl (C=O) groups is 2. The maximum absolute atomic E-state index is 12.7. The van der Waals surface area contributed by atoms with Gasteiger partial charge in [0.25, 0.3) is 5.78 Å². The Bertz CT molecular complexity index is 1160. The van der Waals surface area contributed by atoms with Crippen LogP contribution in [0.2, 0.25) is 5.02 Å². The van der Waals surface area contributed by atoms with Crippen molar-refractivity contribution in [1.29, 1.82) is 0 Å². The molecule has 1 N–H and O–H groups in total.